The second-order valence-electron chi connectivity index (χ2n) is 3.28. The third-order valence-corrected chi connectivity index (χ3v) is 2.11. The van der Waals surface area contributed by atoms with E-state index in [1.165, 1.54) is 6.07 Å². The first kappa shape index (κ1) is 12.3. The highest BCUT2D eigenvalue weighted by molar-refractivity contribution is 5.84. The van der Waals surface area contributed by atoms with Gasteiger partial charge in [0, 0.05) is 7.05 Å². The van der Waals surface area contributed by atoms with E-state index >= 15 is 0 Å². The summed E-state index contributed by atoms with van der Waals surface area (Å²) in [5.74, 6) is -0.869. The van der Waals surface area contributed by atoms with Crippen molar-refractivity contribution in [2.45, 2.75) is 13.0 Å². The molecule has 0 aliphatic carbocycles. The standard InChI is InChI=1S/C10H14N2O4/c1-6(12-5-9(13)11-2)7-3-4-8(16-7)10(14)15/h3-4,6,12H,5H2,1-2H3,(H,11,13)(H,14,15). The van der Waals surface area contributed by atoms with Crippen LogP contribution in [-0.2, 0) is 4.79 Å². The number of carbonyl (C=O) groups is 2. The van der Waals surface area contributed by atoms with Crippen molar-refractivity contribution in [3.63, 3.8) is 0 Å². The van der Waals surface area contributed by atoms with Crippen molar-refractivity contribution >= 4 is 11.9 Å². The number of rotatable bonds is 5. The van der Waals surface area contributed by atoms with Crippen molar-refractivity contribution in [3.05, 3.63) is 23.7 Å². The van der Waals surface area contributed by atoms with Gasteiger partial charge in [0.2, 0.25) is 11.7 Å². The topological polar surface area (TPSA) is 91.6 Å². The molecule has 1 atom stereocenters. The van der Waals surface area contributed by atoms with Crippen LogP contribution in [0.1, 0.15) is 29.3 Å². The van der Waals surface area contributed by atoms with Crippen molar-refractivity contribution in [3.8, 4) is 0 Å². The summed E-state index contributed by atoms with van der Waals surface area (Å²) in [7, 11) is 1.55. The second kappa shape index (κ2) is 5.32. The van der Waals surface area contributed by atoms with Gasteiger partial charge in [0.25, 0.3) is 0 Å². The minimum absolute atomic E-state index is 0.108. The quantitative estimate of drug-likeness (QED) is 0.674. The lowest BCUT2D eigenvalue weighted by Crippen LogP contribution is -2.32. The molecule has 16 heavy (non-hydrogen) atoms. The highest BCUT2D eigenvalue weighted by atomic mass is 16.4. The summed E-state index contributed by atoms with van der Waals surface area (Å²) >= 11 is 0. The predicted octanol–water partition coefficient (Wildman–Crippen LogP) is 0.374. The van der Waals surface area contributed by atoms with E-state index in [2.05, 4.69) is 10.6 Å². The molecular formula is C10H14N2O4. The summed E-state index contributed by atoms with van der Waals surface area (Å²) < 4.78 is 5.08. The molecule has 1 aromatic heterocycles. The summed E-state index contributed by atoms with van der Waals surface area (Å²) in [4.78, 5) is 21.5. The van der Waals surface area contributed by atoms with E-state index < -0.39 is 5.97 Å². The SMILES string of the molecule is CNC(=O)CNC(C)c1ccc(C(=O)O)o1. The Morgan fingerprint density at radius 1 is 1.50 bits per heavy atom. The zero-order valence-electron chi connectivity index (χ0n) is 9.11. The Morgan fingerprint density at radius 2 is 2.19 bits per heavy atom. The number of amides is 1. The van der Waals surface area contributed by atoms with Gasteiger partial charge in [-0.2, -0.15) is 0 Å². The summed E-state index contributed by atoms with van der Waals surface area (Å²) in [5.41, 5.74) is 0. The maximum atomic E-state index is 11.0. The van der Waals surface area contributed by atoms with Crippen molar-refractivity contribution in [1.82, 2.24) is 10.6 Å². The van der Waals surface area contributed by atoms with Gasteiger partial charge in [-0.1, -0.05) is 0 Å². The van der Waals surface area contributed by atoms with Crippen molar-refractivity contribution in [1.29, 1.82) is 0 Å². The third kappa shape index (κ3) is 3.09. The van der Waals surface area contributed by atoms with Crippen LogP contribution in [0.2, 0.25) is 0 Å². The first-order chi connectivity index (χ1) is 7.54. The van der Waals surface area contributed by atoms with Crippen LogP contribution in [0.15, 0.2) is 16.5 Å². The molecule has 0 bridgehead atoms. The van der Waals surface area contributed by atoms with Crippen LogP contribution in [-0.4, -0.2) is 30.6 Å². The average molecular weight is 226 g/mol. The van der Waals surface area contributed by atoms with Gasteiger partial charge >= 0.3 is 5.97 Å². The fourth-order valence-corrected chi connectivity index (χ4v) is 1.14. The van der Waals surface area contributed by atoms with Crippen molar-refractivity contribution < 1.29 is 19.1 Å². The van der Waals surface area contributed by atoms with Gasteiger partial charge in [-0.15, -0.1) is 0 Å². The molecular weight excluding hydrogens is 212 g/mol. The van der Waals surface area contributed by atoms with Gasteiger partial charge in [-0.3, -0.25) is 10.1 Å². The average Bonchev–Trinajstić information content (AvgIpc) is 2.74. The van der Waals surface area contributed by atoms with Crippen LogP contribution in [0.5, 0.6) is 0 Å². The fourth-order valence-electron chi connectivity index (χ4n) is 1.14. The molecule has 0 aliphatic rings. The molecule has 0 fully saturated rings. The van der Waals surface area contributed by atoms with Crippen LogP contribution in [0.25, 0.3) is 0 Å². The number of aromatic carboxylic acids is 1. The highest BCUT2D eigenvalue weighted by Crippen LogP contribution is 2.15. The minimum Gasteiger partial charge on any atom is -0.475 e. The van der Waals surface area contributed by atoms with Gasteiger partial charge in [0.15, 0.2) is 0 Å². The lowest BCUT2D eigenvalue weighted by atomic mass is 10.2. The molecule has 1 amide bonds. The van der Waals surface area contributed by atoms with Crippen molar-refractivity contribution in [2.24, 2.45) is 0 Å². The number of carboxylic acid groups (broad SMARTS) is 1. The highest BCUT2D eigenvalue weighted by Gasteiger charge is 2.14. The Bertz CT molecular complexity index is 386. The normalized spacial score (nSPS) is 12.1. The number of likely N-dealkylation sites (N-methyl/N-ethyl adjacent to an activating group) is 1. The third-order valence-electron chi connectivity index (χ3n) is 2.11. The first-order valence-electron chi connectivity index (χ1n) is 4.81. The first-order valence-corrected chi connectivity index (χ1v) is 4.81. The number of nitrogens with one attached hydrogen (secondary N) is 2. The molecule has 6 heteroatoms. The number of carbonyl (C=O) groups excluding carboxylic acids is 1. The van der Waals surface area contributed by atoms with Crippen LogP contribution < -0.4 is 10.6 Å². The Hall–Kier alpha value is -1.82. The number of carboxylic acids is 1. The van der Waals surface area contributed by atoms with Gasteiger partial charge in [0.05, 0.1) is 12.6 Å². The molecule has 0 aromatic carbocycles. The molecule has 1 rings (SSSR count). The number of hydrogen-bond acceptors (Lipinski definition) is 4. The molecule has 0 saturated heterocycles. The Labute approximate surface area is 92.6 Å². The molecule has 0 saturated carbocycles. The van der Waals surface area contributed by atoms with Crippen LogP contribution >= 0.6 is 0 Å². The van der Waals surface area contributed by atoms with Gasteiger partial charge in [-0.25, -0.2) is 4.79 Å². The summed E-state index contributed by atoms with van der Waals surface area (Å²) in [6, 6.07) is 2.74. The molecule has 1 heterocycles. The molecule has 0 radical (unpaired) electrons. The van der Waals surface area contributed by atoms with E-state index in [1.807, 2.05) is 0 Å². The lowest BCUT2D eigenvalue weighted by Gasteiger charge is -2.09. The maximum absolute atomic E-state index is 11.0. The largest absolute Gasteiger partial charge is 0.475 e. The Kier molecular flexibility index (Phi) is 4.07. The predicted molar refractivity (Wildman–Crippen MR) is 56.2 cm³/mol. The second-order valence-corrected chi connectivity index (χ2v) is 3.28. The van der Waals surface area contributed by atoms with Crippen LogP contribution in [0, 0.1) is 0 Å². The van der Waals surface area contributed by atoms with Gasteiger partial charge < -0.3 is 14.8 Å². The van der Waals surface area contributed by atoms with E-state index in [0.29, 0.717) is 5.76 Å². The van der Waals surface area contributed by atoms with Crippen LogP contribution in [0.4, 0.5) is 0 Å². The number of hydrogen-bond donors (Lipinski definition) is 3. The number of furan rings is 1. The molecule has 0 aliphatic heterocycles. The van der Waals surface area contributed by atoms with E-state index in [4.69, 9.17) is 9.52 Å². The monoisotopic (exact) mass is 226 g/mol. The van der Waals surface area contributed by atoms with E-state index in [9.17, 15) is 9.59 Å². The molecule has 0 spiro atoms. The van der Waals surface area contributed by atoms with E-state index in [1.54, 1.807) is 20.0 Å². The maximum Gasteiger partial charge on any atom is 0.371 e. The molecule has 88 valence electrons. The van der Waals surface area contributed by atoms with E-state index in [0.717, 1.165) is 0 Å². The van der Waals surface area contributed by atoms with Crippen molar-refractivity contribution in [2.75, 3.05) is 13.6 Å². The van der Waals surface area contributed by atoms with E-state index in [-0.39, 0.29) is 24.3 Å². The fraction of sp³-hybridized carbons (Fsp3) is 0.400. The smallest absolute Gasteiger partial charge is 0.371 e. The molecule has 1 unspecified atom stereocenters. The Balaban J connectivity index is 2.55. The van der Waals surface area contributed by atoms with Crippen LogP contribution in [0.3, 0.4) is 0 Å². The van der Waals surface area contributed by atoms with Gasteiger partial charge in [-0.05, 0) is 19.1 Å². The molecule has 3 N–H and O–H groups in total. The summed E-state index contributed by atoms with van der Waals surface area (Å²) in [6.45, 7) is 1.94. The Morgan fingerprint density at radius 3 is 2.69 bits per heavy atom. The summed E-state index contributed by atoms with van der Waals surface area (Å²) in [5, 5.41) is 14.0. The van der Waals surface area contributed by atoms with Gasteiger partial charge in [0.1, 0.15) is 5.76 Å². The minimum atomic E-state index is -1.11. The summed E-state index contributed by atoms with van der Waals surface area (Å²) in [6.07, 6.45) is 0. The zero-order chi connectivity index (χ0) is 12.1. The molecule has 6 nitrogen and oxygen atoms in total. The molecule has 1 aromatic rings. The zero-order valence-corrected chi connectivity index (χ0v) is 9.11. The lowest BCUT2D eigenvalue weighted by molar-refractivity contribution is -0.119.